The highest BCUT2D eigenvalue weighted by molar-refractivity contribution is 6.04. The number of amides is 1. The fourth-order valence-electron chi connectivity index (χ4n) is 5.60. The van der Waals surface area contributed by atoms with Crippen molar-refractivity contribution in [3.05, 3.63) is 72.7 Å². The van der Waals surface area contributed by atoms with E-state index in [0.717, 1.165) is 25.2 Å². The molecule has 2 saturated heterocycles. The van der Waals surface area contributed by atoms with Crippen LogP contribution in [-0.2, 0) is 9.53 Å². The molecule has 3 N–H and O–H groups in total. The monoisotopic (exact) mass is 629 g/mol. The molecule has 46 heavy (non-hydrogen) atoms. The summed E-state index contributed by atoms with van der Waals surface area (Å²) in [6, 6.07) is 11.5. The molecule has 3 heterocycles. The van der Waals surface area contributed by atoms with E-state index in [-0.39, 0.29) is 29.1 Å². The normalized spacial score (nSPS) is 16.9. The summed E-state index contributed by atoms with van der Waals surface area (Å²) < 4.78 is 32.7. The molecule has 2 fully saturated rings. The molecule has 1 amide bonds. The van der Waals surface area contributed by atoms with Crippen LogP contribution in [0.15, 0.2) is 71.3 Å². The summed E-state index contributed by atoms with van der Waals surface area (Å²) in [7, 11) is 1.56. The number of ether oxygens (including phenoxy) is 3. The molecule has 0 atom stereocenters. The number of amidine groups is 1. The predicted molar refractivity (Wildman–Crippen MR) is 179 cm³/mol. The summed E-state index contributed by atoms with van der Waals surface area (Å²) in [5.41, 5.74) is 7.76. The zero-order valence-corrected chi connectivity index (χ0v) is 26.5. The Morgan fingerprint density at radius 2 is 1.91 bits per heavy atom. The second-order valence-electron chi connectivity index (χ2n) is 11.8. The smallest absolute Gasteiger partial charge is 0.245 e. The first-order chi connectivity index (χ1) is 22.1. The van der Waals surface area contributed by atoms with Gasteiger partial charge in [-0.3, -0.25) is 9.79 Å². The molecule has 5 rings (SSSR count). The van der Waals surface area contributed by atoms with Crippen molar-refractivity contribution >= 4 is 41.3 Å². The second-order valence-corrected chi connectivity index (χ2v) is 11.8. The van der Waals surface area contributed by atoms with E-state index < -0.39 is 5.82 Å². The molecule has 12 heteroatoms. The van der Waals surface area contributed by atoms with Crippen molar-refractivity contribution in [3.8, 4) is 17.2 Å². The second kappa shape index (κ2) is 14.0. The SMILES string of the molecule is C=CC(=O)N1CCC(Nc2cc(C(N)=Nc3ccc(Oc4ccnc(N5CCOC(C)(C)C5)c4)cc3F)c(N=C)cc2OC)CC1. The fraction of sp³-hybridized carbons (Fsp3) is 0.353. The van der Waals surface area contributed by atoms with Gasteiger partial charge in [-0.25, -0.2) is 14.4 Å². The number of nitrogens with one attached hydrogen (secondary N) is 1. The maximum Gasteiger partial charge on any atom is 0.245 e. The number of rotatable bonds is 10. The largest absolute Gasteiger partial charge is 0.495 e. The van der Waals surface area contributed by atoms with Gasteiger partial charge in [0.2, 0.25) is 5.91 Å². The van der Waals surface area contributed by atoms with Crippen molar-refractivity contribution in [2.75, 3.05) is 50.1 Å². The van der Waals surface area contributed by atoms with Gasteiger partial charge in [-0.15, -0.1) is 0 Å². The van der Waals surface area contributed by atoms with Gasteiger partial charge in [-0.1, -0.05) is 6.58 Å². The van der Waals surface area contributed by atoms with Gasteiger partial charge in [0.15, 0.2) is 5.82 Å². The maximum atomic E-state index is 15.3. The van der Waals surface area contributed by atoms with Gasteiger partial charge in [0, 0.05) is 62.2 Å². The Bertz CT molecular complexity index is 1640. The van der Waals surface area contributed by atoms with Crippen molar-refractivity contribution in [1.82, 2.24) is 9.88 Å². The van der Waals surface area contributed by atoms with Crippen LogP contribution in [0, 0.1) is 5.82 Å². The van der Waals surface area contributed by atoms with E-state index >= 15 is 4.39 Å². The lowest BCUT2D eigenvalue weighted by molar-refractivity contribution is -0.126. The van der Waals surface area contributed by atoms with Crippen molar-refractivity contribution in [1.29, 1.82) is 0 Å². The first-order valence-corrected chi connectivity index (χ1v) is 15.1. The summed E-state index contributed by atoms with van der Waals surface area (Å²) in [4.78, 5) is 28.8. The average molecular weight is 630 g/mol. The molecule has 2 aliphatic rings. The number of carbonyl (C=O) groups excluding carboxylic acids is 1. The molecule has 3 aromatic rings. The number of methoxy groups -OCH3 is 1. The summed E-state index contributed by atoms with van der Waals surface area (Å²) in [6.07, 6.45) is 4.49. The molecular formula is C34H40FN7O4. The van der Waals surface area contributed by atoms with E-state index in [0.29, 0.717) is 60.4 Å². The third-order valence-corrected chi connectivity index (χ3v) is 7.97. The molecule has 1 aromatic heterocycles. The average Bonchev–Trinajstić information content (AvgIpc) is 3.05. The lowest BCUT2D eigenvalue weighted by Crippen LogP contribution is -2.48. The zero-order chi connectivity index (χ0) is 32.8. The maximum absolute atomic E-state index is 15.3. The van der Waals surface area contributed by atoms with Crippen LogP contribution < -0.4 is 25.4 Å². The Labute approximate surface area is 268 Å². The van der Waals surface area contributed by atoms with Crippen LogP contribution in [0.4, 0.5) is 27.3 Å². The van der Waals surface area contributed by atoms with Crippen molar-refractivity contribution in [3.63, 3.8) is 0 Å². The molecular weight excluding hydrogens is 589 g/mol. The first-order valence-electron chi connectivity index (χ1n) is 15.1. The number of aliphatic imine (C=N–C) groups is 2. The Morgan fingerprint density at radius 1 is 1.15 bits per heavy atom. The van der Waals surface area contributed by atoms with E-state index in [1.807, 2.05) is 19.9 Å². The molecule has 0 bridgehead atoms. The molecule has 0 radical (unpaired) electrons. The Balaban J connectivity index is 1.32. The highest BCUT2D eigenvalue weighted by Crippen LogP contribution is 2.36. The van der Waals surface area contributed by atoms with E-state index in [4.69, 9.17) is 19.9 Å². The number of hydrogen-bond donors (Lipinski definition) is 2. The van der Waals surface area contributed by atoms with Gasteiger partial charge in [-0.05, 0) is 63.7 Å². The molecule has 0 unspecified atom stereocenters. The number of pyridine rings is 1. The third-order valence-electron chi connectivity index (χ3n) is 7.97. The van der Waals surface area contributed by atoms with Crippen molar-refractivity contribution in [2.24, 2.45) is 15.7 Å². The molecule has 242 valence electrons. The number of hydrogen-bond acceptors (Lipinski definition) is 9. The van der Waals surface area contributed by atoms with Crippen LogP contribution in [0.3, 0.4) is 0 Å². The van der Waals surface area contributed by atoms with Crippen LogP contribution in [0.25, 0.3) is 0 Å². The van der Waals surface area contributed by atoms with Crippen LogP contribution in [0.5, 0.6) is 17.2 Å². The standard InChI is InChI=1S/C34H40FN7O4/c1-6-32(43)41-13-10-22(11-14-41)39-29-19-25(28(37-4)20-30(29)44-5)33(36)40-27-8-7-23(17-26(27)35)46-24-9-12-38-31(18-24)42-15-16-45-34(2,3)21-42/h6-9,12,17-20,22,39H,1,4,10-11,13-16,21H2,2-3,5H3,(H2,36,40). The highest BCUT2D eigenvalue weighted by Gasteiger charge is 2.28. The molecule has 0 saturated carbocycles. The van der Waals surface area contributed by atoms with Gasteiger partial charge in [-0.2, -0.15) is 0 Å². The van der Waals surface area contributed by atoms with Crippen molar-refractivity contribution < 1.29 is 23.4 Å². The number of carbonyl (C=O) groups is 1. The molecule has 0 spiro atoms. The summed E-state index contributed by atoms with van der Waals surface area (Å²) in [6.45, 7) is 14.6. The van der Waals surface area contributed by atoms with Gasteiger partial charge in [0.25, 0.3) is 0 Å². The molecule has 2 aliphatic heterocycles. The van der Waals surface area contributed by atoms with Crippen LogP contribution in [0.2, 0.25) is 0 Å². The van der Waals surface area contributed by atoms with E-state index in [9.17, 15) is 4.79 Å². The van der Waals surface area contributed by atoms with Crippen LogP contribution in [-0.4, -0.2) is 79.9 Å². The minimum atomic E-state index is -0.606. The number of likely N-dealkylation sites (tertiary alicyclic amines) is 1. The van der Waals surface area contributed by atoms with E-state index in [1.54, 1.807) is 42.5 Å². The topological polar surface area (TPSA) is 127 Å². The van der Waals surface area contributed by atoms with Gasteiger partial charge >= 0.3 is 0 Å². The van der Waals surface area contributed by atoms with E-state index in [2.05, 4.69) is 38.5 Å². The number of morpholine rings is 1. The molecule has 0 aliphatic carbocycles. The van der Waals surface area contributed by atoms with Crippen LogP contribution >= 0.6 is 0 Å². The number of aromatic nitrogens is 1. The first kappa shape index (κ1) is 32.4. The fourth-order valence-corrected chi connectivity index (χ4v) is 5.60. The van der Waals surface area contributed by atoms with Gasteiger partial charge in [0.05, 0.1) is 30.7 Å². The Kier molecular flexibility index (Phi) is 9.86. The molecule has 11 nitrogen and oxygen atoms in total. The van der Waals surface area contributed by atoms with Gasteiger partial charge < -0.3 is 35.1 Å². The quantitative estimate of drug-likeness (QED) is 0.169. The number of anilines is 2. The number of halogens is 1. The lowest BCUT2D eigenvalue weighted by Gasteiger charge is -2.38. The third kappa shape index (κ3) is 7.63. The summed E-state index contributed by atoms with van der Waals surface area (Å²) in [5, 5.41) is 3.49. The number of nitrogens with zero attached hydrogens (tertiary/aromatic N) is 5. The Morgan fingerprint density at radius 3 is 2.59 bits per heavy atom. The van der Waals surface area contributed by atoms with Gasteiger partial charge in [0.1, 0.15) is 34.6 Å². The predicted octanol–water partition coefficient (Wildman–Crippen LogP) is 5.59. The van der Waals surface area contributed by atoms with Crippen LogP contribution in [0.1, 0.15) is 32.3 Å². The number of nitrogens with two attached hydrogens (primary N) is 1. The number of benzene rings is 2. The van der Waals surface area contributed by atoms with E-state index in [1.165, 1.54) is 18.2 Å². The number of piperidine rings is 1. The zero-order valence-electron chi connectivity index (χ0n) is 26.5. The van der Waals surface area contributed by atoms with Crippen molar-refractivity contribution in [2.45, 2.75) is 38.3 Å². The minimum Gasteiger partial charge on any atom is -0.495 e. The highest BCUT2D eigenvalue weighted by atomic mass is 19.1. The summed E-state index contributed by atoms with van der Waals surface area (Å²) >= 11 is 0. The molecule has 2 aromatic carbocycles. The minimum absolute atomic E-state index is 0.0374. The summed E-state index contributed by atoms with van der Waals surface area (Å²) in [5.74, 6) is 1.52. The lowest BCUT2D eigenvalue weighted by atomic mass is 10.0. The Hall–Kier alpha value is -4.97.